The van der Waals surface area contributed by atoms with Gasteiger partial charge in [-0.3, -0.25) is 10.1 Å². The van der Waals surface area contributed by atoms with Gasteiger partial charge < -0.3 is 13.8 Å². The third kappa shape index (κ3) is 3.36. The average molecular weight is 549 g/mol. The van der Waals surface area contributed by atoms with E-state index in [9.17, 15) is 31.7 Å². The number of non-ortho nitro benzene ring substituents is 1. The van der Waals surface area contributed by atoms with Gasteiger partial charge in [-0.05, 0) is 65.7 Å². The highest BCUT2D eigenvalue weighted by molar-refractivity contribution is 9.10. The average Bonchev–Trinajstić information content (AvgIpc) is 2.85. The fourth-order valence-electron chi connectivity index (χ4n) is 4.17. The molecule has 0 aromatic heterocycles. The molecule has 2 aliphatic heterocycles. The lowest BCUT2D eigenvalue weighted by Crippen LogP contribution is -2.58. The summed E-state index contributed by atoms with van der Waals surface area (Å²) >= 11 is 3.31. The smallest absolute Gasteiger partial charge is 0.462 e. The number of ether oxygens (including phenoxy) is 1. The van der Waals surface area contributed by atoms with Gasteiger partial charge in [-0.15, -0.1) is 0 Å². The molecule has 0 radical (unpaired) electrons. The molecule has 33 heavy (non-hydrogen) atoms. The van der Waals surface area contributed by atoms with Crippen LogP contribution in [0.2, 0.25) is 0 Å². The number of likely N-dealkylation sites (N-methyl/N-ethyl adjacent to an activating group) is 1. The number of benzene rings is 2. The van der Waals surface area contributed by atoms with Crippen LogP contribution in [0.4, 0.5) is 24.5 Å². The van der Waals surface area contributed by atoms with E-state index in [4.69, 9.17) is 4.74 Å². The van der Waals surface area contributed by atoms with Gasteiger partial charge in [0.2, 0.25) is 5.72 Å². The van der Waals surface area contributed by atoms with E-state index >= 15 is 0 Å². The molecular weight excluding hydrogens is 533 g/mol. The van der Waals surface area contributed by atoms with Crippen LogP contribution in [-0.2, 0) is 15.5 Å². The Bertz CT molecular complexity index is 1330. The summed E-state index contributed by atoms with van der Waals surface area (Å²) in [6.45, 7) is 3.57. The van der Waals surface area contributed by atoms with Gasteiger partial charge in [0.1, 0.15) is 11.5 Å². The topological polar surface area (TPSA) is 99.0 Å². The lowest BCUT2D eigenvalue weighted by Gasteiger charge is -2.46. The van der Waals surface area contributed by atoms with Crippen molar-refractivity contribution >= 4 is 43.5 Å². The van der Waals surface area contributed by atoms with Crippen LogP contribution < -0.4 is 13.8 Å². The van der Waals surface area contributed by atoms with Crippen LogP contribution in [0.25, 0.3) is 6.08 Å². The summed E-state index contributed by atoms with van der Waals surface area (Å²) in [5, 5.41) is 11.2. The quantitative estimate of drug-likeness (QED) is 0.227. The minimum Gasteiger partial charge on any atom is -0.462 e. The van der Waals surface area contributed by atoms with Crippen LogP contribution in [-0.4, -0.2) is 31.6 Å². The molecule has 4 rings (SSSR count). The first kappa shape index (κ1) is 23.4. The third-order valence-electron chi connectivity index (χ3n) is 5.90. The predicted octanol–water partition coefficient (Wildman–Crippen LogP) is 5.12. The van der Waals surface area contributed by atoms with Gasteiger partial charge >= 0.3 is 15.6 Å². The van der Waals surface area contributed by atoms with E-state index < -0.39 is 37.4 Å². The van der Waals surface area contributed by atoms with E-state index in [-0.39, 0.29) is 5.69 Å². The van der Waals surface area contributed by atoms with Crippen LogP contribution in [0.5, 0.6) is 11.5 Å². The summed E-state index contributed by atoms with van der Waals surface area (Å²) in [6.07, 6.45) is 3.38. The predicted molar refractivity (Wildman–Crippen MR) is 117 cm³/mol. The summed E-state index contributed by atoms with van der Waals surface area (Å²) in [7, 11) is -4.11. The number of alkyl halides is 3. The van der Waals surface area contributed by atoms with Crippen LogP contribution in [0.15, 0.2) is 40.9 Å². The Labute approximate surface area is 195 Å². The van der Waals surface area contributed by atoms with E-state index in [2.05, 4.69) is 20.1 Å². The lowest BCUT2D eigenvalue weighted by atomic mass is 9.76. The summed E-state index contributed by atoms with van der Waals surface area (Å²) in [5.74, 6) is -0.131. The summed E-state index contributed by atoms with van der Waals surface area (Å²) in [4.78, 5) is 12.4. The Hall–Kier alpha value is -2.80. The molecule has 0 N–H and O–H groups in total. The van der Waals surface area contributed by atoms with Crippen molar-refractivity contribution in [2.45, 2.75) is 30.5 Å². The van der Waals surface area contributed by atoms with Crippen LogP contribution in [0, 0.1) is 10.1 Å². The maximum absolute atomic E-state index is 12.8. The Morgan fingerprint density at radius 1 is 1.21 bits per heavy atom. The Kier molecular flexibility index (Phi) is 5.02. The highest BCUT2D eigenvalue weighted by Crippen LogP contribution is 2.56. The first-order chi connectivity index (χ1) is 15.1. The number of hydrogen-bond donors (Lipinski definition) is 0. The molecule has 2 aromatic rings. The van der Waals surface area contributed by atoms with Gasteiger partial charge in [-0.25, -0.2) is 0 Å². The molecule has 0 saturated heterocycles. The van der Waals surface area contributed by atoms with Crippen LogP contribution in [0.1, 0.15) is 25.0 Å². The number of hydrogen-bond acceptors (Lipinski definition) is 7. The molecule has 0 saturated carbocycles. The van der Waals surface area contributed by atoms with Gasteiger partial charge in [0.15, 0.2) is 0 Å². The third-order valence-corrected chi connectivity index (χ3v) is 7.47. The molecule has 1 atom stereocenters. The fraction of sp³-hybridized carbons (Fsp3) is 0.300. The number of nitro groups is 1. The van der Waals surface area contributed by atoms with Crippen LogP contribution in [0.3, 0.4) is 0 Å². The van der Waals surface area contributed by atoms with Crippen molar-refractivity contribution in [2.24, 2.45) is 0 Å². The fourth-order valence-corrected chi connectivity index (χ4v) is 5.17. The van der Waals surface area contributed by atoms with Crippen molar-refractivity contribution in [1.82, 2.24) is 0 Å². The second kappa shape index (κ2) is 7.10. The summed E-state index contributed by atoms with van der Waals surface area (Å²) < 4.78 is 72.2. The molecule has 1 unspecified atom stereocenters. The number of fused-ring (bicyclic) bond motifs is 2. The van der Waals surface area contributed by atoms with Crippen molar-refractivity contribution in [3.05, 3.63) is 62.1 Å². The lowest BCUT2D eigenvalue weighted by molar-refractivity contribution is -0.385. The number of nitrogens with zero attached hydrogens (tertiary/aromatic N) is 2. The zero-order valence-corrected chi connectivity index (χ0v) is 19.7. The molecule has 0 fully saturated rings. The molecule has 13 heteroatoms. The maximum Gasteiger partial charge on any atom is 0.534 e. The van der Waals surface area contributed by atoms with Crippen molar-refractivity contribution in [3.63, 3.8) is 0 Å². The highest BCUT2D eigenvalue weighted by atomic mass is 79.9. The molecule has 2 heterocycles. The standard InChI is InChI=1S/C20H16BrF3N2O6S/c1-18(2)14-10-13(32-33(29,30)20(22,23)24)4-5-16(14)25(3)19(18)7-6-11-8-12(26(27)28)9-15(21)17(11)31-19/h4-10H,1-3H3. The van der Waals surface area contributed by atoms with E-state index in [1.54, 1.807) is 37.9 Å². The van der Waals surface area contributed by atoms with Gasteiger partial charge in [0, 0.05) is 30.4 Å². The van der Waals surface area contributed by atoms with Crippen molar-refractivity contribution in [1.29, 1.82) is 0 Å². The minimum atomic E-state index is -5.83. The Morgan fingerprint density at radius 2 is 1.88 bits per heavy atom. The van der Waals surface area contributed by atoms with Gasteiger partial charge in [-0.1, -0.05) is 0 Å². The van der Waals surface area contributed by atoms with Gasteiger partial charge in [-0.2, -0.15) is 21.6 Å². The molecule has 2 aliphatic rings. The molecule has 8 nitrogen and oxygen atoms in total. The summed E-state index contributed by atoms with van der Waals surface area (Å²) in [6, 6.07) is 6.50. The second-order valence-corrected chi connectivity index (χ2v) is 10.5. The second-order valence-electron chi connectivity index (χ2n) is 8.08. The van der Waals surface area contributed by atoms with Crippen molar-refractivity contribution in [3.8, 4) is 11.5 Å². The zero-order chi connectivity index (χ0) is 24.6. The number of rotatable bonds is 3. The number of anilines is 1. The monoisotopic (exact) mass is 548 g/mol. The minimum absolute atomic E-state index is 0.125. The molecular formula is C20H16BrF3N2O6S. The molecule has 0 aliphatic carbocycles. The van der Waals surface area contributed by atoms with Crippen molar-refractivity contribution in [2.75, 3.05) is 11.9 Å². The van der Waals surface area contributed by atoms with E-state index in [0.717, 1.165) is 6.07 Å². The molecule has 1 spiro atoms. The zero-order valence-electron chi connectivity index (χ0n) is 17.3. The molecule has 2 aromatic carbocycles. The van der Waals surface area contributed by atoms with E-state index in [1.807, 2.05) is 0 Å². The normalized spacial score (nSPS) is 20.9. The first-order valence-corrected chi connectivity index (χ1v) is 11.6. The van der Waals surface area contributed by atoms with Gasteiger partial charge in [0.05, 0.1) is 14.8 Å². The highest BCUT2D eigenvalue weighted by Gasteiger charge is 2.58. The van der Waals surface area contributed by atoms with E-state index in [0.29, 0.717) is 27.0 Å². The first-order valence-electron chi connectivity index (χ1n) is 9.36. The van der Waals surface area contributed by atoms with Crippen molar-refractivity contribution < 1.29 is 35.4 Å². The van der Waals surface area contributed by atoms with E-state index in [1.165, 1.54) is 24.3 Å². The van der Waals surface area contributed by atoms with Gasteiger partial charge in [0.25, 0.3) is 5.69 Å². The maximum atomic E-state index is 12.8. The summed E-state index contributed by atoms with van der Waals surface area (Å²) in [5.41, 5.74) is -6.21. The molecule has 0 bridgehead atoms. The Balaban J connectivity index is 1.78. The largest absolute Gasteiger partial charge is 0.534 e. The molecule has 176 valence electrons. The van der Waals surface area contributed by atoms with Crippen LogP contribution >= 0.6 is 15.9 Å². The Morgan fingerprint density at radius 3 is 2.48 bits per heavy atom. The number of halogens is 4. The SMILES string of the molecule is CN1c2ccc(OS(=O)(=O)C(F)(F)F)cc2C(C)(C)C12C=Cc1cc([N+](=O)[O-])cc(Br)c1O2. The molecule has 0 amide bonds. The number of nitro benzene ring substituents is 1.